The molecule has 4 aromatic heterocycles. The normalized spacial score (nSPS) is 12.6. The minimum atomic E-state index is -0.355. The molecule has 6 heteroatoms. The average Bonchev–Trinajstić information content (AvgIpc) is 3.81. The van der Waals surface area contributed by atoms with E-state index in [1.165, 1.54) is 29.4 Å². The largest absolute Gasteiger partial charge is 0.465 e. The van der Waals surface area contributed by atoms with Crippen molar-refractivity contribution >= 4 is 29.3 Å². The number of fused-ring (bicyclic) bond motifs is 8. The number of hydrogen-bond donors (Lipinski definition) is 4. The van der Waals surface area contributed by atoms with Crippen molar-refractivity contribution in [2.24, 2.45) is 0 Å². The van der Waals surface area contributed by atoms with Gasteiger partial charge in [0.25, 0.3) is 0 Å². The summed E-state index contributed by atoms with van der Waals surface area (Å²) >= 11 is 0. The standard InChI is InChI=1S/C37H32N4O2/c1-21-17-22(2)34(23(3)18-21)36-32-15-11-28(40-32)19-26-9-13-30(38-26)35(24-5-7-25(8-6-24)37(42)43-4)31-14-10-27(39-31)20-29-12-16-33(36)41-29/h5-20,38-41H,1-4H3. The van der Waals surface area contributed by atoms with Crippen molar-refractivity contribution in [2.45, 2.75) is 20.8 Å². The fourth-order valence-corrected chi connectivity index (χ4v) is 6.24. The molecule has 2 aromatic carbocycles. The van der Waals surface area contributed by atoms with E-state index in [2.05, 4.69) is 114 Å². The van der Waals surface area contributed by atoms with Crippen molar-refractivity contribution in [3.63, 3.8) is 0 Å². The van der Waals surface area contributed by atoms with Gasteiger partial charge >= 0.3 is 5.97 Å². The third-order valence-corrected chi connectivity index (χ3v) is 8.06. The van der Waals surface area contributed by atoms with Crippen molar-refractivity contribution < 1.29 is 9.53 Å². The minimum Gasteiger partial charge on any atom is -0.465 e. The molecule has 43 heavy (non-hydrogen) atoms. The molecule has 7 rings (SSSR count). The maximum absolute atomic E-state index is 12.1. The fraction of sp³-hybridized carbons (Fsp3) is 0.108. The number of aromatic nitrogens is 4. The van der Waals surface area contributed by atoms with Crippen LogP contribution in [0.2, 0.25) is 0 Å². The number of benzene rings is 2. The van der Waals surface area contributed by atoms with Crippen LogP contribution in [0.1, 0.15) is 61.0 Å². The Labute approximate surface area is 248 Å². The van der Waals surface area contributed by atoms with E-state index in [-0.39, 0.29) is 5.97 Å². The molecule has 0 aliphatic carbocycles. The molecule has 0 fully saturated rings. The molecule has 1 aliphatic rings. The predicted octanol–water partition coefficient (Wildman–Crippen LogP) is 4.18. The van der Waals surface area contributed by atoms with Crippen molar-refractivity contribution in [3.05, 3.63) is 162 Å². The molecule has 0 radical (unpaired) electrons. The number of methoxy groups -OCH3 is 1. The van der Waals surface area contributed by atoms with Gasteiger partial charge in [0.2, 0.25) is 0 Å². The second-order valence-electron chi connectivity index (χ2n) is 11.2. The SMILES string of the molecule is COC(=O)c1ccc(C2=c3ccc([nH]3)=Cc3ccc([nH]3)C(c3c(C)cc(C)cc3C)=c3ccc([nH]3)=Cc3ccc2[nH]3)cc1. The molecule has 0 unspecified atom stereocenters. The Bertz CT molecular complexity index is 2250. The van der Waals surface area contributed by atoms with Crippen LogP contribution in [-0.4, -0.2) is 33.0 Å². The molecule has 6 aromatic rings. The summed E-state index contributed by atoms with van der Waals surface area (Å²) in [4.78, 5) is 26.6. The highest BCUT2D eigenvalue weighted by atomic mass is 16.5. The van der Waals surface area contributed by atoms with Gasteiger partial charge in [-0.3, -0.25) is 0 Å². The zero-order valence-corrected chi connectivity index (χ0v) is 24.6. The summed E-state index contributed by atoms with van der Waals surface area (Å²) < 4.78 is 4.90. The molecule has 8 bridgehead atoms. The summed E-state index contributed by atoms with van der Waals surface area (Å²) in [7, 11) is 1.39. The van der Waals surface area contributed by atoms with Crippen molar-refractivity contribution in [3.8, 4) is 0 Å². The van der Waals surface area contributed by atoms with E-state index in [1.807, 2.05) is 12.1 Å². The van der Waals surface area contributed by atoms with Crippen LogP contribution in [0.15, 0.2) is 84.9 Å². The van der Waals surface area contributed by atoms with E-state index >= 15 is 0 Å². The molecular formula is C37H32N4O2. The number of carbonyl (C=O) groups is 1. The lowest BCUT2D eigenvalue weighted by Crippen LogP contribution is -2.16. The summed E-state index contributed by atoms with van der Waals surface area (Å²) in [6, 6.07) is 28.9. The first-order chi connectivity index (χ1) is 20.9. The molecule has 4 N–H and O–H groups in total. The highest BCUT2D eigenvalue weighted by Crippen LogP contribution is 2.28. The quantitative estimate of drug-likeness (QED) is 0.243. The molecule has 0 spiro atoms. The Kier molecular flexibility index (Phi) is 6.39. The smallest absolute Gasteiger partial charge is 0.337 e. The number of aryl methyl sites for hydroxylation is 3. The number of ether oxygens (including phenoxy) is 1. The molecule has 6 nitrogen and oxygen atoms in total. The van der Waals surface area contributed by atoms with Crippen LogP contribution in [0.3, 0.4) is 0 Å². The highest BCUT2D eigenvalue weighted by molar-refractivity contribution is 5.90. The van der Waals surface area contributed by atoms with Crippen LogP contribution >= 0.6 is 0 Å². The van der Waals surface area contributed by atoms with Gasteiger partial charge in [0.1, 0.15) is 0 Å². The Morgan fingerprint density at radius 2 is 1.14 bits per heavy atom. The van der Waals surface area contributed by atoms with Crippen LogP contribution < -0.4 is 21.4 Å². The summed E-state index contributed by atoms with van der Waals surface area (Å²) in [6.07, 6.45) is 4.24. The van der Waals surface area contributed by atoms with Crippen LogP contribution in [0.25, 0.3) is 23.3 Å². The summed E-state index contributed by atoms with van der Waals surface area (Å²) in [5.74, 6) is -0.355. The number of nitrogens with one attached hydrogen (secondary N) is 4. The van der Waals surface area contributed by atoms with Gasteiger partial charge in [-0.15, -0.1) is 0 Å². The number of esters is 1. The van der Waals surface area contributed by atoms with Gasteiger partial charge in [0.05, 0.1) is 12.7 Å². The predicted molar refractivity (Wildman–Crippen MR) is 170 cm³/mol. The fourth-order valence-electron chi connectivity index (χ4n) is 6.24. The zero-order valence-electron chi connectivity index (χ0n) is 24.6. The second-order valence-corrected chi connectivity index (χ2v) is 11.2. The third-order valence-electron chi connectivity index (χ3n) is 8.06. The first-order valence-electron chi connectivity index (χ1n) is 14.3. The summed E-state index contributed by atoms with van der Waals surface area (Å²) in [6.45, 7) is 6.52. The van der Waals surface area contributed by atoms with Crippen LogP contribution in [0, 0.1) is 20.8 Å². The topological polar surface area (TPSA) is 89.5 Å². The van der Waals surface area contributed by atoms with Crippen molar-refractivity contribution in [1.82, 2.24) is 19.9 Å². The summed E-state index contributed by atoms with van der Waals surface area (Å²) in [5, 5.41) is 3.99. The van der Waals surface area contributed by atoms with E-state index < -0.39 is 0 Å². The molecule has 0 saturated heterocycles. The second kappa shape index (κ2) is 10.4. The lowest BCUT2D eigenvalue weighted by atomic mass is 9.92. The number of H-pyrrole nitrogens is 4. The van der Waals surface area contributed by atoms with Gasteiger partial charge in [-0.1, -0.05) is 29.8 Å². The molecule has 5 heterocycles. The first-order valence-corrected chi connectivity index (χ1v) is 14.3. The Hall–Kier alpha value is -5.49. The summed E-state index contributed by atoms with van der Waals surface area (Å²) in [5.41, 5.74) is 12.6. The molecule has 1 aliphatic heterocycles. The maximum Gasteiger partial charge on any atom is 0.337 e. The number of hydrogen-bond acceptors (Lipinski definition) is 2. The first kappa shape index (κ1) is 26.4. The maximum atomic E-state index is 12.1. The van der Waals surface area contributed by atoms with Gasteiger partial charge in [-0.2, -0.15) is 0 Å². The van der Waals surface area contributed by atoms with Gasteiger partial charge in [-0.05, 0) is 116 Å². The van der Waals surface area contributed by atoms with Crippen LogP contribution in [0.5, 0.6) is 0 Å². The molecule has 0 amide bonds. The van der Waals surface area contributed by atoms with Crippen molar-refractivity contribution in [2.75, 3.05) is 7.11 Å². The Balaban J connectivity index is 1.48. The average molecular weight is 565 g/mol. The van der Waals surface area contributed by atoms with Gasteiger partial charge < -0.3 is 24.7 Å². The Morgan fingerprint density at radius 1 is 0.605 bits per heavy atom. The van der Waals surface area contributed by atoms with Gasteiger partial charge in [0.15, 0.2) is 0 Å². The highest BCUT2D eigenvalue weighted by Gasteiger charge is 2.16. The van der Waals surface area contributed by atoms with Crippen molar-refractivity contribution in [1.29, 1.82) is 0 Å². The number of carbonyl (C=O) groups excluding carboxylic acids is 1. The lowest BCUT2D eigenvalue weighted by molar-refractivity contribution is 0.0600. The molecule has 212 valence electrons. The zero-order chi connectivity index (χ0) is 29.7. The van der Waals surface area contributed by atoms with Crippen LogP contribution in [-0.2, 0) is 4.74 Å². The molecule has 0 saturated carbocycles. The number of aromatic amines is 4. The van der Waals surface area contributed by atoms with Crippen LogP contribution in [0.4, 0.5) is 0 Å². The Morgan fingerprint density at radius 3 is 1.70 bits per heavy atom. The van der Waals surface area contributed by atoms with E-state index in [0.29, 0.717) is 5.56 Å². The van der Waals surface area contributed by atoms with Gasteiger partial charge in [0, 0.05) is 55.3 Å². The van der Waals surface area contributed by atoms with E-state index in [4.69, 9.17) is 4.74 Å². The monoisotopic (exact) mass is 564 g/mol. The van der Waals surface area contributed by atoms with E-state index in [0.717, 1.165) is 60.9 Å². The molecular weight excluding hydrogens is 532 g/mol. The van der Waals surface area contributed by atoms with Gasteiger partial charge in [-0.25, -0.2) is 4.79 Å². The van der Waals surface area contributed by atoms with E-state index in [1.54, 1.807) is 12.1 Å². The minimum absolute atomic E-state index is 0.355. The third kappa shape index (κ3) is 4.87. The molecule has 0 atom stereocenters. The number of rotatable bonds is 3. The lowest BCUT2D eigenvalue weighted by Gasteiger charge is -2.14. The van der Waals surface area contributed by atoms with E-state index in [9.17, 15) is 4.79 Å².